The van der Waals surface area contributed by atoms with Crippen molar-refractivity contribution in [1.82, 2.24) is 9.78 Å². The predicted molar refractivity (Wildman–Crippen MR) is 131 cm³/mol. The van der Waals surface area contributed by atoms with E-state index in [-0.39, 0.29) is 12.3 Å². The van der Waals surface area contributed by atoms with E-state index in [1.807, 2.05) is 91.9 Å². The van der Waals surface area contributed by atoms with Crippen molar-refractivity contribution >= 4 is 27.4 Å². The highest BCUT2D eigenvalue weighted by Gasteiger charge is 2.17. The van der Waals surface area contributed by atoms with Gasteiger partial charge in [-0.2, -0.15) is 5.10 Å². The SMILES string of the molecule is COc1ccc(-c2cc(C(=O)CN=C(C)c3ccc(Br)cc3)n(-c3ccccc3)n2)cc1. The summed E-state index contributed by atoms with van der Waals surface area (Å²) in [6.45, 7) is 1.95. The van der Waals surface area contributed by atoms with Crippen LogP contribution in [-0.4, -0.2) is 34.9 Å². The highest BCUT2D eigenvalue weighted by molar-refractivity contribution is 9.10. The van der Waals surface area contributed by atoms with Crippen LogP contribution in [0.1, 0.15) is 23.0 Å². The zero-order chi connectivity index (χ0) is 22.5. The number of nitrogens with zero attached hydrogens (tertiary/aromatic N) is 3. The van der Waals surface area contributed by atoms with Gasteiger partial charge in [0.2, 0.25) is 5.78 Å². The molecule has 0 aliphatic rings. The molecule has 0 saturated carbocycles. The Labute approximate surface area is 195 Å². The van der Waals surface area contributed by atoms with Crippen molar-refractivity contribution in [3.8, 4) is 22.7 Å². The standard InChI is InChI=1S/C26H22BrN3O2/c1-18(19-8-12-21(27)13-9-19)28-17-26(31)25-16-24(20-10-14-23(32-2)15-11-20)29-30(25)22-6-4-3-5-7-22/h3-16H,17H2,1-2H3. The molecule has 0 bridgehead atoms. The highest BCUT2D eigenvalue weighted by atomic mass is 79.9. The number of hydrogen-bond donors (Lipinski definition) is 0. The number of hydrogen-bond acceptors (Lipinski definition) is 4. The number of rotatable bonds is 7. The van der Waals surface area contributed by atoms with Crippen LogP contribution in [0.3, 0.4) is 0 Å². The second kappa shape index (κ2) is 9.75. The number of benzene rings is 3. The fourth-order valence-electron chi connectivity index (χ4n) is 3.30. The molecule has 6 heteroatoms. The number of methoxy groups -OCH3 is 1. The maximum Gasteiger partial charge on any atom is 0.202 e. The number of aromatic nitrogens is 2. The first-order chi connectivity index (χ1) is 15.5. The van der Waals surface area contributed by atoms with E-state index in [0.29, 0.717) is 11.4 Å². The Balaban J connectivity index is 1.66. The molecule has 3 aromatic carbocycles. The van der Waals surface area contributed by atoms with Gasteiger partial charge in [0, 0.05) is 15.7 Å². The van der Waals surface area contributed by atoms with Crippen molar-refractivity contribution in [2.45, 2.75) is 6.92 Å². The van der Waals surface area contributed by atoms with Gasteiger partial charge in [-0.3, -0.25) is 9.79 Å². The molecule has 4 rings (SSSR count). The maximum absolute atomic E-state index is 13.2. The van der Waals surface area contributed by atoms with Crippen molar-refractivity contribution in [1.29, 1.82) is 0 Å². The van der Waals surface area contributed by atoms with E-state index in [1.54, 1.807) is 11.8 Å². The zero-order valence-corrected chi connectivity index (χ0v) is 19.4. The molecule has 0 N–H and O–H groups in total. The number of halogens is 1. The van der Waals surface area contributed by atoms with Crippen LogP contribution in [0.2, 0.25) is 0 Å². The van der Waals surface area contributed by atoms with Crippen LogP contribution in [0.25, 0.3) is 16.9 Å². The van der Waals surface area contributed by atoms with E-state index >= 15 is 0 Å². The summed E-state index contributed by atoms with van der Waals surface area (Å²) in [6, 6.07) is 27.0. The summed E-state index contributed by atoms with van der Waals surface area (Å²) < 4.78 is 7.93. The Morgan fingerprint density at radius 2 is 1.69 bits per heavy atom. The molecule has 32 heavy (non-hydrogen) atoms. The quantitative estimate of drug-likeness (QED) is 0.237. The van der Waals surface area contributed by atoms with Gasteiger partial charge in [-0.1, -0.05) is 46.3 Å². The molecule has 0 aliphatic heterocycles. The molecule has 1 aromatic heterocycles. The van der Waals surface area contributed by atoms with Crippen molar-refractivity contribution in [3.63, 3.8) is 0 Å². The maximum atomic E-state index is 13.2. The Morgan fingerprint density at radius 1 is 1.00 bits per heavy atom. The third kappa shape index (κ3) is 4.86. The summed E-state index contributed by atoms with van der Waals surface area (Å²) in [5.41, 5.74) is 4.74. The number of aliphatic imine (C=N–C) groups is 1. The van der Waals surface area contributed by atoms with Crippen LogP contribution in [-0.2, 0) is 0 Å². The van der Waals surface area contributed by atoms with Crippen LogP contribution >= 0.6 is 15.9 Å². The number of para-hydroxylation sites is 1. The molecule has 0 unspecified atom stereocenters. The zero-order valence-electron chi connectivity index (χ0n) is 17.8. The third-order valence-corrected chi connectivity index (χ3v) is 5.63. The number of carbonyl (C=O) groups excluding carboxylic acids is 1. The predicted octanol–water partition coefficient (Wildman–Crippen LogP) is 6.00. The van der Waals surface area contributed by atoms with Crippen molar-refractivity contribution in [2.75, 3.05) is 13.7 Å². The molecule has 0 atom stereocenters. The molecule has 0 aliphatic carbocycles. The van der Waals surface area contributed by atoms with E-state index < -0.39 is 0 Å². The van der Waals surface area contributed by atoms with Crippen molar-refractivity contribution in [3.05, 3.63) is 101 Å². The minimum Gasteiger partial charge on any atom is -0.497 e. The van der Waals surface area contributed by atoms with Crippen LogP contribution in [0.5, 0.6) is 5.75 Å². The number of ketones is 1. The van der Waals surface area contributed by atoms with Crippen LogP contribution in [0.15, 0.2) is 94.4 Å². The summed E-state index contributed by atoms with van der Waals surface area (Å²) in [5.74, 6) is 0.669. The second-order valence-electron chi connectivity index (χ2n) is 7.22. The fourth-order valence-corrected chi connectivity index (χ4v) is 3.57. The van der Waals surface area contributed by atoms with E-state index in [0.717, 1.165) is 32.7 Å². The van der Waals surface area contributed by atoms with Gasteiger partial charge in [0.25, 0.3) is 0 Å². The molecular formula is C26H22BrN3O2. The van der Waals surface area contributed by atoms with Crippen LogP contribution in [0.4, 0.5) is 0 Å². The van der Waals surface area contributed by atoms with Gasteiger partial charge in [0.1, 0.15) is 18.0 Å². The second-order valence-corrected chi connectivity index (χ2v) is 8.14. The summed E-state index contributed by atoms with van der Waals surface area (Å²) in [6.07, 6.45) is 0. The average Bonchev–Trinajstić information content (AvgIpc) is 3.29. The smallest absolute Gasteiger partial charge is 0.202 e. The first-order valence-corrected chi connectivity index (χ1v) is 10.9. The minimum atomic E-state index is -0.0995. The lowest BCUT2D eigenvalue weighted by molar-refractivity contribution is 0.0994. The van der Waals surface area contributed by atoms with Gasteiger partial charge in [-0.25, -0.2) is 4.68 Å². The molecule has 0 saturated heterocycles. The first kappa shape index (κ1) is 21.7. The lowest BCUT2D eigenvalue weighted by atomic mass is 10.1. The van der Waals surface area contributed by atoms with Gasteiger partial charge >= 0.3 is 0 Å². The van der Waals surface area contributed by atoms with Gasteiger partial charge in [0.15, 0.2) is 0 Å². The lowest BCUT2D eigenvalue weighted by Crippen LogP contribution is -2.12. The minimum absolute atomic E-state index is 0.0441. The highest BCUT2D eigenvalue weighted by Crippen LogP contribution is 2.24. The fraction of sp³-hybridized carbons (Fsp3) is 0.115. The van der Waals surface area contributed by atoms with Gasteiger partial charge in [-0.05, 0) is 67.1 Å². The molecule has 0 amide bonds. The molecule has 0 fully saturated rings. The largest absolute Gasteiger partial charge is 0.497 e. The topological polar surface area (TPSA) is 56.5 Å². The Hall–Kier alpha value is -3.51. The number of Topliss-reactive ketones (excluding diaryl/α,β-unsaturated/α-hetero) is 1. The molecule has 5 nitrogen and oxygen atoms in total. The summed E-state index contributed by atoms with van der Waals surface area (Å²) in [5, 5.41) is 4.72. The average molecular weight is 488 g/mol. The monoisotopic (exact) mass is 487 g/mol. The van der Waals surface area contributed by atoms with Gasteiger partial charge < -0.3 is 4.74 Å². The summed E-state index contributed by atoms with van der Waals surface area (Å²) in [4.78, 5) is 17.7. The normalized spacial score (nSPS) is 11.4. The van der Waals surface area contributed by atoms with Crippen molar-refractivity contribution in [2.24, 2.45) is 4.99 Å². The first-order valence-electron chi connectivity index (χ1n) is 10.2. The lowest BCUT2D eigenvalue weighted by Gasteiger charge is -2.06. The van der Waals surface area contributed by atoms with Gasteiger partial charge in [0.05, 0.1) is 18.5 Å². The molecule has 1 heterocycles. The van der Waals surface area contributed by atoms with E-state index in [1.165, 1.54) is 0 Å². The summed E-state index contributed by atoms with van der Waals surface area (Å²) >= 11 is 3.44. The Morgan fingerprint density at radius 3 is 2.34 bits per heavy atom. The molecule has 0 radical (unpaired) electrons. The summed E-state index contributed by atoms with van der Waals surface area (Å²) in [7, 11) is 1.63. The van der Waals surface area contributed by atoms with Crippen LogP contribution < -0.4 is 4.74 Å². The molecule has 4 aromatic rings. The Bertz CT molecular complexity index is 1240. The van der Waals surface area contributed by atoms with Crippen LogP contribution in [0, 0.1) is 0 Å². The Kier molecular flexibility index (Phi) is 6.61. The number of ether oxygens (including phenoxy) is 1. The molecule has 0 spiro atoms. The molecular weight excluding hydrogens is 466 g/mol. The third-order valence-electron chi connectivity index (χ3n) is 5.10. The van der Waals surface area contributed by atoms with E-state index in [2.05, 4.69) is 20.9 Å². The van der Waals surface area contributed by atoms with Gasteiger partial charge in [-0.15, -0.1) is 0 Å². The van der Waals surface area contributed by atoms with E-state index in [9.17, 15) is 4.79 Å². The van der Waals surface area contributed by atoms with Crippen molar-refractivity contribution < 1.29 is 9.53 Å². The molecule has 160 valence electrons. The van der Waals surface area contributed by atoms with E-state index in [4.69, 9.17) is 9.84 Å². The number of carbonyl (C=O) groups is 1.